The highest BCUT2D eigenvalue weighted by Crippen LogP contribution is 2.28. The second-order valence-corrected chi connectivity index (χ2v) is 4.07. The van der Waals surface area contributed by atoms with Crippen LogP contribution < -0.4 is 15.0 Å². The first-order valence-electron chi connectivity index (χ1n) is 5.97. The summed E-state index contributed by atoms with van der Waals surface area (Å²) in [4.78, 5) is 13.9. The number of amides is 1. The second-order valence-electron chi connectivity index (χ2n) is 4.07. The molecule has 1 aromatic rings. The van der Waals surface area contributed by atoms with Gasteiger partial charge in [0.1, 0.15) is 5.75 Å². The number of anilines is 1. The molecule has 0 aromatic heterocycles. The molecule has 1 aromatic carbocycles. The molecule has 1 amide bonds. The number of hydrogen-bond donors (Lipinski definition) is 1. The van der Waals surface area contributed by atoms with Crippen molar-refractivity contribution in [1.82, 2.24) is 5.32 Å². The van der Waals surface area contributed by atoms with Crippen molar-refractivity contribution in [3.63, 3.8) is 0 Å². The summed E-state index contributed by atoms with van der Waals surface area (Å²) in [7, 11) is 1.63. The Labute approximate surface area is 102 Å². The van der Waals surface area contributed by atoms with Gasteiger partial charge in [-0.2, -0.15) is 0 Å². The zero-order valence-electron chi connectivity index (χ0n) is 10.1. The molecule has 0 atom stereocenters. The molecule has 0 saturated carbocycles. The first-order chi connectivity index (χ1) is 8.33. The van der Waals surface area contributed by atoms with E-state index in [1.807, 2.05) is 29.2 Å². The summed E-state index contributed by atoms with van der Waals surface area (Å²) in [5, 5.41) is 3.31. The molecule has 1 aliphatic rings. The van der Waals surface area contributed by atoms with Crippen molar-refractivity contribution in [1.29, 1.82) is 0 Å². The van der Waals surface area contributed by atoms with E-state index in [4.69, 9.17) is 4.74 Å². The van der Waals surface area contributed by atoms with Gasteiger partial charge in [-0.05, 0) is 25.1 Å². The van der Waals surface area contributed by atoms with E-state index in [0.29, 0.717) is 13.0 Å². The minimum atomic E-state index is 0.177. The molecule has 1 aliphatic heterocycles. The Hall–Kier alpha value is -1.55. The van der Waals surface area contributed by atoms with Crippen LogP contribution >= 0.6 is 0 Å². The highest BCUT2D eigenvalue weighted by atomic mass is 16.5. The van der Waals surface area contributed by atoms with Crippen LogP contribution in [0.3, 0.4) is 0 Å². The first-order valence-corrected chi connectivity index (χ1v) is 5.97. The SMILES string of the molecule is COc1ccccc1N1CCNCCCC1=O. The maximum absolute atomic E-state index is 12.1. The maximum Gasteiger partial charge on any atom is 0.227 e. The van der Waals surface area contributed by atoms with Crippen molar-refractivity contribution in [2.24, 2.45) is 0 Å². The van der Waals surface area contributed by atoms with Gasteiger partial charge in [-0.25, -0.2) is 0 Å². The van der Waals surface area contributed by atoms with Crippen molar-refractivity contribution in [2.45, 2.75) is 12.8 Å². The molecule has 1 saturated heterocycles. The van der Waals surface area contributed by atoms with Crippen molar-refractivity contribution in [3.05, 3.63) is 24.3 Å². The summed E-state index contributed by atoms with van der Waals surface area (Å²) in [6, 6.07) is 7.65. The summed E-state index contributed by atoms with van der Waals surface area (Å²) >= 11 is 0. The molecular formula is C13H18N2O2. The number of nitrogens with one attached hydrogen (secondary N) is 1. The Morgan fingerprint density at radius 2 is 2.12 bits per heavy atom. The zero-order valence-corrected chi connectivity index (χ0v) is 10.1. The van der Waals surface area contributed by atoms with Gasteiger partial charge in [0.2, 0.25) is 5.91 Å². The molecule has 1 fully saturated rings. The van der Waals surface area contributed by atoms with E-state index in [1.165, 1.54) is 0 Å². The number of hydrogen-bond acceptors (Lipinski definition) is 3. The van der Waals surface area contributed by atoms with Gasteiger partial charge in [0.15, 0.2) is 0 Å². The number of nitrogens with zero attached hydrogens (tertiary/aromatic N) is 1. The summed E-state index contributed by atoms with van der Waals surface area (Å²) in [6.07, 6.45) is 1.48. The lowest BCUT2D eigenvalue weighted by Crippen LogP contribution is -2.40. The van der Waals surface area contributed by atoms with Gasteiger partial charge in [-0.3, -0.25) is 4.79 Å². The van der Waals surface area contributed by atoms with Gasteiger partial charge >= 0.3 is 0 Å². The number of rotatable bonds is 2. The lowest BCUT2D eigenvalue weighted by atomic mass is 10.2. The molecule has 17 heavy (non-hydrogen) atoms. The molecule has 4 heteroatoms. The van der Waals surface area contributed by atoms with Crippen LogP contribution in [0.15, 0.2) is 24.3 Å². The number of benzene rings is 1. The quantitative estimate of drug-likeness (QED) is 0.841. The van der Waals surface area contributed by atoms with E-state index >= 15 is 0 Å². The van der Waals surface area contributed by atoms with Crippen LogP contribution in [0.2, 0.25) is 0 Å². The first kappa shape index (κ1) is 11.9. The number of para-hydroxylation sites is 2. The highest BCUT2D eigenvalue weighted by molar-refractivity contribution is 5.94. The standard InChI is InChI=1S/C13H18N2O2/c1-17-12-6-3-2-5-11(12)15-10-9-14-8-4-7-13(15)16/h2-3,5-6,14H,4,7-10H2,1H3. The fraction of sp³-hybridized carbons (Fsp3) is 0.462. The normalized spacial score (nSPS) is 17.5. The minimum absolute atomic E-state index is 0.177. The molecule has 0 unspecified atom stereocenters. The smallest absolute Gasteiger partial charge is 0.227 e. The minimum Gasteiger partial charge on any atom is -0.495 e. The van der Waals surface area contributed by atoms with Crippen molar-refractivity contribution < 1.29 is 9.53 Å². The molecule has 4 nitrogen and oxygen atoms in total. The monoisotopic (exact) mass is 234 g/mol. The van der Waals surface area contributed by atoms with Crippen LogP contribution in [0.1, 0.15) is 12.8 Å². The Kier molecular flexibility index (Phi) is 3.98. The predicted molar refractivity (Wildman–Crippen MR) is 67.5 cm³/mol. The average Bonchev–Trinajstić information content (AvgIpc) is 2.35. The van der Waals surface area contributed by atoms with Crippen LogP contribution in [0.4, 0.5) is 5.69 Å². The van der Waals surface area contributed by atoms with Gasteiger partial charge in [0, 0.05) is 19.5 Å². The Balaban J connectivity index is 2.25. The van der Waals surface area contributed by atoms with E-state index in [9.17, 15) is 4.79 Å². The van der Waals surface area contributed by atoms with E-state index in [-0.39, 0.29) is 5.91 Å². The Morgan fingerprint density at radius 1 is 1.29 bits per heavy atom. The third kappa shape index (κ3) is 2.77. The lowest BCUT2D eigenvalue weighted by Gasteiger charge is -2.26. The average molecular weight is 234 g/mol. The number of ether oxygens (including phenoxy) is 1. The fourth-order valence-electron chi connectivity index (χ4n) is 2.05. The van der Waals surface area contributed by atoms with Gasteiger partial charge in [-0.15, -0.1) is 0 Å². The van der Waals surface area contributed by atoms with Crippen LogP contribution in [-0.2, 0) is 4.79 Å². The molecule has 0 aliphatic carbocycles. The third-order valence-corrected chi connectivity index (χ3v) is 2.93. The van der Waals surface area contributed by atoms with Crippen LogP contribution in [0.25, 0.3) is 0 Å². The Bertz CT molecular complexity index is 393. The van der Waals surface area contributed by atoms with E-state index in [0.717, 1.165) is 30.9 Å². The second kappa shape index (κ2) is 5.68. The molecule has 2 rings (SSSR count). The van der Waals surface area contributed by atoms with Crippen molar-refractivity contribution >= 4 is 11.6 Å². The van der Waals surface area contributed by atoms with Crippen LogP contribution in [0, 0.1) is 0 Å². The largest absolute Gasteiger partial charge is 0.495 e. The molecule has 1 heterocycles. The number of methoxy groups -OCH3 is 1. The van der Waals surface area contributed by atoms with Gasteiger partial charge in [0.25, 0.3) is 0 Å². The van der Waals surface area contributed by atoms with Crippen LogP contribution in [-0.4, -0.2) is 32.7 Å². The predicted octanol–water partition coefficient (Wildman–Crippen LogP) is 1.41. The maximum atomic E-state index is 12.1. The molecule has 1 N–H and O–H groups in total. The molecule has 0 radical (unpaired) electrons. The zero-order chi connectivity index (χ0) is 12.1. The van der Waals surface area contributed by atoms with Crippen LogP contribution in [0.5, 0.6) is 5.75 Å². The van der Waals surface area contributed by atoms with Crippen molar-refractivity contribution in [3.8, 4) is 5.75 Å². The summed E-state index contributed by atoms with van der Waals surface area (Å²) in [6.45, 7) is 2.44. The van der Waals surface area contributed by atoms with E-state index < -0.39 is 0 Å². The summed E-state index contributed by atoms with van der Waals surface area (Å²) < 4.78 is 5.30. The lowest BCUT2D eigenvalue weighted by molar-refractivity contribution is -0.118. The summed E-state index contributed by atoms with van der Waals surface area (Å²) in [5.74, 6) is 0.928. The van der Waals surface area contributed by atoms with E-state index in [1.54, 1.807) is 7.11 Å². The fourth-order valence-corrected chi connectivity index (χ4v) is 2.05. The van der Waals surface area contributed by atoms with Gasteiger partial charge in [0.05, 0.1) is 12.8 Å². The molecule has 0 bridgehead atoms. The molecular weight excluding hydrogens is 216 g/mol. The highest BCUT2D eigenvalue weighted by Gasteiger charge is 2.19. The van der Waals surface area contributed by atoms with Gasteiger partial charge < -0.3 is 15.0 Å². The molecule has 0 spiro atoms. The third-order valence-electron chi connectivity index (χ3n) is 2.93. The van der Waals surface area contributed by atoms with Crippen molar-refractivity contribution in [2.75, 3.05) is 31.6 Å². The summed E-state index contributed by atoms with van der Waals surface area (Å²) in [5.41, 5.74) is 0.865. The number of carbonyl (C=O) groups is 1. The Morgan fingerprint density at radius 3 is 2.94 bits per heavy atom. The number of carbonyl (C=O) groups excluding carboxylic acids is 1. The molecule has 92 valence electrons. The topological polar surface area (TPSA) is 41.6 Å². The van der Waals surface area contributed by atoms with E-state index in [2.05, 4.69) is 5.32 Å². The van der Waals surface area contributed by atoms with Gasteiger partial charge in [-0.1, -0.05) is 12.1 Å².